The van der Waals surface area contributed by atoms with Gasteiger partial charge in [-0.3, -0.25) is 0 Å². The lowest BCUT2D eigenvalue weighted by Gasteiger charge is -2.14. The van der Waals surface area contributed by atoms with E-state index >= 15 is 0 Å². The van der Waals surface area contributed by atoms with Crippen molar-refractivity contribution in [3.63, 3.8) is 0 Å². The van der Waals surface area contributed by atoms with Gasteiger partial charge < -0.3 is 9.84 Å². The predicted octanol–water partition coefficient (Wildman–Crippen LogP) is 3.43. The third kappa shape index (κ3) is 4.69. The Balaban J connectivity index is 2.61. The summed E-state index contributed by atoms with van der Waals surface area (Å²) in [4.78, 5) is 12.1. The van der Waals surface area contributed by atoms with Gasteiger partial charge in [0, 0.05) is 4.90 Å². The van der Waals surface area contributed by atoms with Crippen LogP contribution in [0.4, 0.5) is 0 Å². The number of unbranched alkanes of at least 4 members (excludes halogenated alkanes) is 1. The number of benzene rings is 1. The molecular weight excluding hydrogens is 236 g/mol. The Morgan fingerprint density at radius 1 is 1.41 bits per heavy atom. The molecule has 0 aliphatic carbocycles. The van der Waals surface area contributed by atoms with Crippen molar-refractivity contribution >= 4 is 17.7 Å². The van der Waals surface area contributed by atoms with Gasteiger partial charge in [-0.1, -0.05) is 13.3 Å². The van der Waals surface area contributed by atoms with Crippen LogP contribution >= 0.6 is 11.8 Å². The molecule has 0 bridgehead atoms. The lowest BCUT2D eigenvalue weighted by molar-refractivity contribution is -0.145. The van der Waals surface area contributed by atoms with Gasteiger partial charge in [0.25, 0.3) is 0 Å². The van der Waals surface area contributed by atoms with E-state index in [1.165, 1.54) is 0 Å². The number of hydrogen-bond acceptors (Lipinski definition) is 3. The zero-order chi connectivity index (χ0) is 12.7. The summed E-state index contributed by atoms with van der Waals surface area (Å²) >= 11 is 1.64. The number of aliphatic carboxylic acids is 1. The van der Waals surface area contributed by atoms with Crippen LogP contribution in [0.1, 0.15) is 26.2 Å². The topological polar surface area (TPSA) is 46.5 Å². The van der Waals surface area contributed by atoms with Gasteiger partial charge in [-0.05, 0) is 43.4 Å². The molecular formula is C13H18O3S. The lowest BCUT2D eigenvalue weighted by atomic mass is 10.1. The van der Waals surface area contributed by atoms with Crippen LogP contribution in [0.15, 0.2) is 29.2 Å². The van der Waals surface area contributed by atoms with Crippen LogP contribution < -0.4 is 4.74 Å². The van der Waals surface area contributed by atoms with Gasteiger partial charge in [0.15, 0.2) is 6.10 Å². The van der Waals surface area contributed by atoms with Crippen molar-refractivity contribution in [1.29, 1.82) is 0 Å². The van der Waals surface area contributed by atoms with Gasteiger partial charge in [-0.2, -0.15) is 0 Å². The van der Waals surface area contributed by atoms with E-state index in [-0.39, 0.29) is 0 Å². The molecule has 0 aliphatic rings. The maximum atomic E-state index is 11.0. The fraction of sp³-hybridized carbons (Fsp3) is 0.462. The van der Waals surface area contributed by atoms with E-state index in [1.54, 1.807) is 11.8 Å². The summed E-state index contributed by atoms with van der Waals surface area (Å²) in [5.41, 5.74) is 0. The molecule has 0 saturated heterocycles. The average Bonchev–Trinajstić information content (AvgIpc) is 2.35. The predicted molar refractivity (Wildman–Crippen MR) is 69.8 cm³/mol. The molecule has 0 radical (unpaired) electrons. The number of rotatable bonds is 7. The van der Waals surface area contributed by atoms with Gasteiger partial charge in [0.05, 0.1) is 0 Å². The number of thioether (sulfide) groups is 1. The van der Waals surface area contributed by atoms with Crippen LogP contribution in [0.25, 0.3) is 0 Å². The highest BCUT2D eigenvalue weighted by Crippen LogP contribution is 2.20. The molecule has 1 atom stereocenters. The minimum atomic E-state index is -0.896. The monoisotopic (exact) mass is 254 g/mol. The summed E-state index contributed by atoms with van der Waals surface area (Å²) in [6.45, 7) is 2.03. The first-order chi connectivity index (χ1) is 8.17. The standard InChI is InChI=1S/C13H18O3S/c1-3-4-5-12(13(14)15)16-10-6-8-11(17-2)9-7-10/h6-9,12H,3-5H2,1-2H3,(H,14,15). The van der Waals surface area contributed by atoms with Crippen molar-refractivity contribution in [3.8, 4) is 5.75 Å². The normalized spacial score (nSPS) is 12.1. The van der Waals surface area contributed by atoms with Crippen molar-refractivity contribution in [3.05, 3.63) is 24.3 Å². The molecule has 0 heterocycles. The van der Waals surface area contributed by atoms with E-state index in [0.717, 1.165) is 17.7 Å². The van der Waals surface area contributed by atoms with E-state index in [2.05, 4.69) is 0 Å². The SMILES string of the molecule is CCCCC(Oc1ccc(SC)cc1)C(=O)O. The third-order valence-corrected chi connectivity index (χ3v) is 3.18. The molecule has 94 valence electrons. The fourth-order valence-corrected chi connectivity index (χ4v) is 1.85. The quantitative estimate of drug-likeness (QED) is 0.757. The molecule has 0 spiro atoms. The number of carboxylic acids is 1. The number of carboxylic acid groups (broad SMARTS) is 1. The molecule has 0 fully saturated rings. The highest BCUT2D eigenvalue weighted by Gasteiger charge is 2.18. The Morgan fingerprint density at radius 2 is 2.06 bits per heavy atom. The highest BCUT2D eigenvalue weighted by atomic mass is 32.2. The van der Waals surface area contributed by atoms with Crippen LogP contribution in [0.5, 0.6) is 5.75 Å². The molecule has 4 heteroatoms. The van der Waals surface area contributed by atoms with Crippen molar-refractivity contribution in [2.24, 2.45) is 0 Å². The van der Waals surface area contributed by atoms with Gasteiger partial charge in [0.2, 0.25) is 0 Å². The Kier molecular flexibility index (Phi) is 5.91. The van der Waals surface area contributed by atoms with Gasteiger partial charge in [-0.25, -0.2) is 4.79 Å². The molecule has 1 rings (SSSR count). The van der Waals surface area contributed by atoms with Crippen molar-refractivity contribution in [2.45, 2.75) is 37.2 Å². The summed E-state index contributed by atoms with van der Waals surface area (Å²) < 4.78 is 5.47. The summed E-state index contributed by atoms with van der Waals surface area (Å²) in [5.74, 6) is -0.279. The van der Waals surface area contributed by atoms with E-state index in [9.17, 15) is 4.79 Å². The van der Waals surface area contributed by atoms with E-state index in [1.807, 2.05) is 37.4 Å². The average molecular weight is 254 g/mol. The van der Waals surface area contributed by atoms with Crippen LogP contribution in [0, 0.1) is 0 Å². The van der Waals surface area contributed by atoms with E-state index in [4.69, 9.17) is 9.84 Å². The molecule has 0 amide bonds. The molecule has 1 unspecified atom stereocenters. The fourth-order valence-electron chi connectivity index (χ4n) is 1.44. The highest BCUT2D eigenvalue weighted by molar-refractivity contribution is 7.98. The van der Waals surface area contributed by atoms with Crippen LogP contribution in [-0.4, -0.2) is 23.4 Å². The molecule has 0 aliphatic heterocycles. The minimum Gasteiger partial charge on any atom is -0.479 e. The van der Waals surface area contributed by atoms with Crippen LogP contribution in [0.3, 0.4) is 0 Å². The lowest BCUT2D eigenvalue weighted by Crippen LogP contribution is -2.26. The largest absolute Gasteiger partial charge is 0.479 e. The zero-order valence-corrected chi connectivity index (χ0v) is 11.0. The Bertz CT molecular complexity index is 348. The second-order valence-corrected chi connectivity index (χ2v) is 4.64. The molecule has 0 aromatic heterocycles. The van der Waals surface area contributed by atoms with Crippen LogP contribution in [0.2, 0.25) is 0 Å². The van der Waals surface area contributed by atoms with Crippen LogP contribution in [-0.2, 0) is 4.79 Å². The van der Waals surface area contributed by atoms with Crippen molar-refractivity contribution < 1.29 is 14.6 Å². The molecule has 1 N–H and O–H groups in total. The smallest absolute Gasteiger partial charge is 0.344 e. The zero-order valence-electron chi connectivity index (χ0n) is 10.2. The summed E-state index contributed by atoms with van der Waals surface area (Å²) in [5, 5.41) is 9.03. The second kappa shape index (κ2) is 7.22. The molecule has 1 aromatic carbocycles. The second-order valence-electron chi connectivity index (χ2n) is 3.76. The first-order valence-electron chi connectivity index (χ1n) is 5.71. The molecule has 1 aromatic rings. The van der Waals surface area contributed by atoms with E-state index < -0.39 is 12.1 Å². The van der Waals surface area contributed by atoms with E-state index in [0.29, 0.717) is 12.2 Å². The summed E-state index contributed by atoms with van der Waals surface area (Å²) in [7, 11) is 0. The summed E-state index contributed by atoms with van der Waals surface area (Å²) in [6.07, 6.45) is 3.64. The Labute approximate surface area is 106 Å². The molecule has 0 saturated carbocycles. The van der Waals surface area contributed by atoms with Gasteiger partial charge in [-0.15, -0.1) is 11.8 Å². The number of carbonyl (C=O) groups is 1. The Morgan fingerprint density at radius 3 is 2.53 bits per heavy atom. The van der Waals surface area contributed by atoms with Gasteiger partial charge in [0.1, 0.15) is 5.75 Å². The van der Waals surface area contributed by atoms with Crippen molar-refractivity contribution in [2.75, 3.05) is 6.26 Å². The summed E-state index contributed by atoms with van der Waals surface area (Å²) in [6, 6.07) is 7.49. The maximum Gasteiger partial charge on any atom is 0.344 e. The molecule has 17 heavy (non-hydrogen) atoms. The third-order valence-electron chi connectivity index (χ3n) is 2.43. The first kappa shape index (κ1) is 13.9. The maximum absolute atomic E-state index is 11.0. The Hall–Kier alpha value is -1.16. The first-order valence-corrected chi connectivity index (χ1v) is 6.93. The number of hydrogen-bond donors (Lipinski definition) is 1. The molecule has 3 nitrogen and oxygen atoms in total. The van der Waals surface area contributed by atoms with Gasteiger partial charge >= 0.3 is 5.97 Å². The number of ether oxygens (including phenoxy) is 1. The minimum absolute atomic E-state index is 0.552. The van der Waals surface area contributed by atoms with Crippen molar-refractivity contribution in [1.82, 2.24) is 0 Å².